The van der Waals surface area contributed by atoms with E-state index in [-0.39, 0.29) is 81.3 Å². The number of alkyl halides is 9. The van der Waals surface area contributed by atoms with Gasteiger partial charge in [0, 0.05) is 12.1 Å². The molecule has 0 unspecified atom stereocenters. The molecule has 6 nitrogen and oxygen atoms in total. The predicted molar refractivity (Wildman–Crippen MR) is 520 cm³/mol. The number of hydrogen-bond donors (Lipinski definition) is 0. The minimum Gasteiger partial charge on any atom is -0.872 e. The standard InChI is InChI=1S/C21H21O2S.C20H26I.2C18H15S.C14H22O.3C8H7F3O/c1-16-7-4-10-19(13-16)24(20-11-5-8-17(14-20)22-2)21-12-6-9-18(15-21)23-3;1-19(2,3)15-7-11-17(12-8-15)21-18-13-9-16(10-14-18)20(4,5)6;2*1-4-10-16(11-5-1)19(17-12-6-2-7-13-17)18-14-8-3-9-15-18;1-13(2,3)10-7-11(14(4,5)6)9-12(15)8-10;3*1-5-2-6(8(9,10)11)4-7(12)3-5/h4-15H,1-3H3;7-14H,1-6H3;2*1-15H;7-9,15H,1-6H3;3*2-4,12H,1H3/q4*+1;;;;/p-4. The maximum absolute atomic E-state index is 12.0. The summed E-state index contributed by atoms with van der Waals surface area (Å²) in [5, 5.41) is 43.6. The Morgan fingerprint density at radius 3 is 0.649 bits per heavy atom. The van der Waals surface area contributed by atoms with Gasteiger partial charge in [-0.05, 0) is 229 Å². The quantitative estimate of drug-likeness (QED) is 0.0646. The van der Waals surface area contributed by atoms with E-state index in [1.165, 1.54) is 88.7 Å². The Bertz CT molecular complexity index is 5440. The molecule has 15 aromatic carbocycles. The van der Waals surface area contributed by atoms with Crippen molar-refractivity contribution in [3.8, 4) is 34.5 Å². The molecule has 15 aromatic rings. The van der Waals surface area contributed by atoms with Crippen molar-refractivity contribution >= 4 is 32.7 Å². The second-order valence-corrected chi connectivity index (χ2v) is 44.5. The van der Waals surface area contributed by atoms with Crippen LogP contribution in [0.2, 0.25) is 0 Å². The highest BCUT2D eigenvalue weighted by atomic mass is 127. The molecule has 0 saturated heterocycles. The van der Waals surface area contributed by atoms with Crippen LogP contribution in [-0.2, 0) is 72.9 Å². The van der Waals surface area contributed by atoms with Crippen LogP contribution in [0.15, 0.2) is 420 Å². The van der Waals surface area contributed by atoms with E-state index in [4.69, 9.17) is 9.47 Å². The Hall–Kier alpha value is -11.8. The molecule has 134 heavy (non-hydrogen) atoms. The van der Waals surface area contributed by atoms with Crippen LogP contribution < -0.4 is 51.1 Å². The monoisotopic (exact) mass is 1990 g/mol. The maximum Gasteiger partial charge on any atom is 0.416 e. The van der Waals surface area contributed by atoms with Crippen molar-refractivity contribution in [1.29, 1.82) is 0 Å². The van der Waals surface area contributed by atoms with Gasteiger partial charge in [0.05, 0.1) is 63.6 Å². The predicted octanol–water partition coefficient (Wildman–Crippen LogP) is 26.7. The summed E-state index contributed by atoms with van der Waals surface area (Å²) >= 11 is -0.0703. The summed E-state index contributed by atoms with van der Waals surface area (Å²) in [6.07, 6.45) is -13.3. The lowest BCUT2D eigenvalue weighted by atomic mass is 9.80. The van der Waals surface area contributed by atoms with E-state index in [2.05, 4.69) is 375 Å². The number of halogens is 10. The molecule has 0 aliphatic rings. The molecule has 0 radical (unpaired) electrons. The van der Waals surface area contributed by atoms with Crippen molar-refractivity contribution in [2.24, 2.45) is 0 Å². The number of ether oxygens (including phenoxy) is 2. The van der Waals surface area contributed by atoms with Crippen LogP contribution in [0.1, 0.15) is 144 Å². The zero-order chi connectivity index (χ0) is 98.4. The normalized spacial score (nSPS) is 11.4. The molecule has 0 aromatic heterocycles. The Morgan fingerprint density at radius 2 is 0.425 bits per heavy atom. The van der Waals surface area contributed by atoms with Crippen LogP contribution in [0.4, 0.5) is 39.5 Å². The molecular formula is C115H116F9IO6S3. The fourth-order valence-electron chi connectivity index (χ4n) is 13.1. The van der Waals surface area contributed by atoms with Crippen LogP contribution in [0.25, 0.3) is 0 Å². The second kappa shape index (κ2) is 49.5. The lowest BCUT2D eigenvalue weighted by Gasteiger charge is -2.27. The summed E-state index contributed by atoms with van der Waals surface area (Å²) < 4.78 is 122. The fraction of sp³-hybridized carbons (Fsp3) is 0.217. The van der Waals surface area contributed by atoms with Gasteiger partial charge in [0.25, 0.3) is 0 Å². The molecule has 0 spiro atoms. The lowest BCUT2D eigenvalue weighted by Crippen LogP contribution is -3.61. The van der Waals surface area contributed by atoms with Gasteiger partial charge in [-0.1, -0.05) is 312 Å². The molecule has 0 aliphatic carbocycles. The summed E-state index contributed by atoms with van der Waals surface area (Å²) in [7, 11) is 3.17. The lowest BCUT2D eigenvalue weighted by molar-refractivity contribution is -0.597. The van der Waals surface area contributed by atoms with Crippen LogP contribution in [-0.4, -0.2) is 14.2 Å². The molecule has 0 amide bonds. The van der Waals surface area contributed by atoms with Crippen LogP contribution >= 0.6 is 0 Å². The average molecular weight is 1990 g/mol. The number of rotatable bonds is 13. The topological polar surface area (TPSA) is 111 Å². The van der Waals surface area contributed by atoms with Gasteiger partial charge < -0.3 is 29.9 Å². The first-order valence-electron chi connectivity index (χ1n) is 43.2. The molecule has 0 aliphatic heterocycles. The molecular weight excluding hydrogens is 1870 g/mol. The van der Waals surface area contributed by atoms with Crippen molar-refractivity contribution < 1.29 is 90.6 Å². The number of hydrogen-bond acceptors (Lipinski definition) is 6. The number of methoxy groups -OCH3 is 2. The SMILES string of the molecule is CC(C)(C)c1cc([O-])cc(C(C)(C)C)c1.CC(C)(C)c1ccc([I+]c2ccc(C(C)(C)C)cc2)cc1.COc1cccc([S+](c2cccc(C)c2)c2cccc(OC)c2)c1.Cc1cc([O-])cc(C(F)(F)F)c1.Cc1cc([O-])cc(C(F)(F)F)c1.Cc1cc([O-])cc(C(F)(F)F)c1.c1ccc([S+](c2ccccc2)c2ccccc2)cc1.c1ccc([S+](c2ccccc2)c2ccccc2)cc1. The van der Waals surface area contributed by atoms with Crippen molar-refractivity contribution in [2.75, 3.05) is 14.2 Å². The van der Waals surface area contributed by atoms with Crippen LogP contribution in [0, 0.1) is 34.8 Å². The minimum atomic E-state index is -4.43. The van der Waals surface area contributed by atoms with Crippen molar-refractivity contribution in [3.63, 3.8) is 0 Å². The molecule has 0 bridgehead atoms. The zero-order valence-corrected chi connectivity index (χ0v) is 83.4. The van der Waals surface area contributed by atoms with Crippen molar-refractivity contribution in [2.45, 2.75) is 195 Å². The Morgan fingerprint density at radius 1 is 0.209 bits per heavy atom. The average Bonchev–Trinajstić information content (AvgIpc) is 0.799. The zero-order valence-electron chi connectivity index (χ0n) is 78.7. The van der Waals surface area contributed by atoms with Crippen molar-refractivity contribution in [1.82, 2.24) is 0 Å². The van der Waals surface area contributed by atoms with E-state index in [0.29, 0.717) is 34.9 Å². The second-order valence-electron chi connectivity index (χ2n) is 35.4. The molecule has 0 atom stereocenters. The van der Waals surface area contributed by atoms with Crippen LogP contribution in [0.5, 0.6) is 34.5 Å². The molecule has 19 heteroatoms. The van der Waals surface area contributed by atoms with Gasteiger partial charge in [-0.2, -0.15) is 39.5 Å². The van der Waals surface area contributed by atoms with E-state index >= 15 is 0 Å². The van der Waals surface area contributed by atoms with Gasteiger partial charge in [-0.15, -0.1) is 23.0 Å². The van der Waals surface area contributed by atoms with E-state index < -0.39 is 52.5 Å². The summed E-state index contributed by atoms with van der Waals surface area (Å²) in [6, 6.07) is 122. The Balaban J connectivity index is 0.000000191. The molecule has 15 rings (SSSR count). The van der Waals surface area contributed by atoms with Gasteiger partial charge in [-0.25, -0.2) is 0 Å². The van der Waals surface area contributed by atoms with E-state index in [9.17, 15) is 59.9 Å². The number of aryl methyl sites for hydroxylation is 4. The third-order valence-corrected chi connectivity index (χ3v) is 29.4. The van der Waals surface area contributed by atoms with Crippen molar-refractivity contribution in [3.05, 3.63) is 444 Å². The summed E-state index contributed by atoms with van der Waals surface area (Å²) in [4.78, 5) is 11.9. The molecule has 0 N–H and O–H groups in total. The molecule has 0 saturated carbocycles. The van der Waals surface area contributed by atoms with E-state index in [1.54, 1.807) is 26.4 Å². The smallest absolute Gasteiger partial charge is 0.416 e. The Labute approximate surface area is 805 Å². The first-order chi connectivity index (χ1) is 63.0. The molecule has 0 heterocycles. The Kier molecular flexibility index (Phi) is 39.7. The first-order valence-corrected chi connectivity index (χ1v) is 49.0. The molecule has 0 fully saturated rings. The summed E-state index contributed by atoms with van der Waals surface area (Å²) in [6.45, 7) is 32.9. The maximum atomic E-state index is 12.0. The first kappa shape index (κ1) is 108. The van der Waals surface area contributed by atoms with Crippen LogP contribution in [0.3, 0.4) is 0 Å². The van der Waals surface area contributed by atoms with Gasteiger partial charge >= 0.3 is 39.7 Å². The largest absolute Gasteiger partial charge is 0.872 e. The number of benzene rings is 15. The van der Waals surface area contributed by atoms with Gasteiger partial charge in [0.2, 0.25) is 0 Å². The summed E-state index contributed by atoms with van der Waals surface area (Å²) in [5.41, 5.74) is 5.25. The van der Waals surface area contributed by atoms with Gasteiger partial charge in [-0.3, -0.25) is 0 Å². The highest BCUT2D eigenvalue weighted by molar-refractivity contribution is 7.97. The van der Waals surface area contributed by atoms with E-state index in [1.807, 2.05) is 24.3 Å². The minimum absolute atomic E-state index is 0.0146. The third kappa shape index (κ3) is 35.3. The highest BCUT2D eigenvalue weighted by Gasteiger charge is 2.35. The van der Waals surface area contributed by atoms with Gasteiger partial charge in [0.15, 0.2) is 51.2 Å². The van der Waals surface area contributed by atoms with Gasteiger partial charge in [0.1, 0.15) is 11.5 Å². The third-order valence-electron chi connectivity index (χ3n) is 20.1. The van der Waals surface area contributed by atoms with E-state index in [0.717, 1.165) is 59.0 Å². The molecule has 700 valence electrons. The fourth-order valence-corrected chi connectivity index (χ4v) is 21.7. The summed E-state index contributed by atoms with van der Waals surface area (Å²) in [5.74, 6) is 0.0421. The highest BCUT2D eigenvalue weighted by Crippen LogP contribution is 2.40.